The van der Waals surface area contributed by atoms with E-state index in [1.807, 2.05) is 28.5 Å². The maximum Gasteiger partial charge on any atom is 0.417 e. The molecule has 3 aromatic rings. The molecule has 0 saturated carbocycles. The number of alkyl halides is 3. The molecule has 0 N–H and O–H groups in total. The van der Waals surface area contributed by atoms with Gasteiger partial charge >= 0.3 is 6.18 Å². The summed E-state index contributed by atoms with van der Waals surface area (Å²) in [5, 5.41) is 2.90. The predicted octanol–water partition coefficient (Wildman–Crippen LogP) is 4.56. The Bertz CT molecular complexity index is 1050. The van der Waals surface area contributed by atoms with Gasteiger partial charge in [-0.25, -0.2) is 9.97 Å². The molecule has 10 heteroatoms. The quantitative estimate of drug-likeness (QED) is 0.533. The third-order valence-corrected chi connectivity index (χ3v) is 6.27. The fraction of sp³-hybridized carbons (Fsp3) is 0.364. The normalized spacial score (nSPS) is 15.1. The third-order valence-electron chi connectivity index (χ3n) is 5.34. The maximum atomic E-state index is 12.7. The summed E-state index contributed by atoms with van der Waals surface area (Å²) in [5.41, 5.74) is 1.13. The molecule has 2 aromatic heterocycles. The molecule has 0 radical (unpaired) electrons. The van der Waals surface area contributed by atoms with Gasteiger partial charge in [-0.2, -0.15) is 13.2 Å². The number of nitrogens with zero attached hydrogens (tertiary/aromatic N) is 4. The van der Waals surface area contributed by atoms with Crippen LogP contribution in [0, 0.1) is 0 Å². The van der Waals surface area contributed by atoms with Crippen LogP contribution < -0.4 is 14.4 Å². The van der Waals surface area contributed by atoms with E-state index in [0.29, 0.717) is 37.0 Å². The molecule has 0 unspecified atom stereocenters. The molecule has 1 aromatic carbocycles. The number of anilines is 1. The van der Waals surface area contributed by atoms with Crippen LogP contribution in [0.4, 0.5) is 19.0 Å². The monoisotopic (exact) mass is 464 g/mol. The van der Waals surface area contributed by atoms with E-state index in [9.17, 15) is 13.2 Å². The Morgan fingerprint density at radius 1 is 1.03 bits per heavy atom. The van der Waals surface area contributed by atoms with Crippen molar-refractivity contribution in [3.63, 3.8) is 0 Å². The van der Waals surface area contributed by atoms with Crippen LogP contribution in [-0.2, 0) is 12.7 Å². The standard InChI is InChI=1S/C22H23F3N4O2S/c1-30-18-5-3-4-17(20(18)31-2)21-27-16(14-32-21)13-28-8-10-29(11-9-28)19-7-6-15(12-26-19)22(23,24)25/h3-7,12,14H,8-11,13H2,1-2H3. The van der Waals surface area contributed by atoms with Crippen molar-refractivity contribution in [1.82, 2.24) is 14.9 Å². The van der Waals surface area contributed by atoms with Gasteiger partial charge in [-0.3, -0.25) is 4.90 Å². The summed E-state index contributed by atoms with van der Waals surface area (Å²) in [6, 6.07) is 8.24. The Kier molecular flexibility index (Phi) is 6.52. The number of rotatable bonds is 6. The number of pyridine rings is 1. The second-order valence-corrected chi connectivity index (χ2v) is 8.21. The van der Waals surface area contributed by atoms with Crippen LogP contribution in [0.1, 0.15) is 11.3 Å². The van der Waals surface area contributed by atoms with Crippen molar-refractivity contribution >= 4 is 17.2 Å². The maximum absolute atomic E-state index is 12.7. The lowest BCUT2D eigenvalue weighted by Crippen LogP contribution is -2.46. The molecular formula is C22H23F3N4O2S. The van der Waals surface area contributed by atoms with Gasteiger partial charge in [-0.05, 0) is 24.3 Å². The molecule has 0 atom stereocenters. The Hall–Kier alpha value is -2.85. The summed E-state index contributed by atoms with van der Waals surface area (Å²) >= 11 is 1.55. The lowest BCUT2D eigenvalue weighted by Gasteiger charge is -2.35. The van der Waals surface area contributed by atoms with E-state index >= 15 is 0 Å². The van der Waals surface area contributed by atoms with Crippen molar-refractivity contribution in [1.29, 1.82) is 0 Å². The number of methoxy groups -OCH3 is 2. The van der Waals surface area contributed by atoms with Crippen LogP contribution in [0.25, 0.3) is 10.6 Å². The van der Waals surface area contributed by atoms with E-state index < -0.39 is 11.7 Å². The molecule has 0 amide bonds. The van der Waals surface area contributed by atoms with E-state index in [2.05, 4.69) is 9.88 Å². The highest BCUT2D eigenvalue weighted by Crippen LogP contribution is 2.39. The largest absolute Gasteiger partial charge is 0.493 e. The third kappa shape index (κ3) is 4.81. The highest BCUT2D eigenvalue weighted by Gasteiger charge is 2.31. The van der Waals surface area contributed by atoms with Gasteiger partial charge in [0.2, 0.25) is 0 Å². The molecule has 1 aliphatic rings. The Balaban J connectivity index is 1.37. The molecule has 1 fully saturated rings. The summed E-state index contributed by atoms with van der Waals surface area (Å²) in [6.45, 7) is 3.64. The molecular weight excluding hydrogens is 441 g/mol. The first-order chi connectivity index (χ1) is 15.4. The zero-order valence-electron chi connectivity index (χ0n) is 17.7. The molecule has 6 nitrogen and oxygen atoms in total. The minimum absolute atomic E-state index is 0.568. The molecule has 3 heterocycles. The van der Waals surface area contributed by atoms with Crippen molar-refractivity contribution in [2.75, 3.05) is 45.3 Å². The van der Waals surface area contributed by atoms with Gasteiger partial charge in [-0.1, -0.05) is 6.07 Å². The zero-order valence-corrected chi connectivity index (χ0v) is 18.5. The van der Waals surface area contributed by atoms with E-state index in [-0.39, 0.29) is 0 Å². The van der Waals surface area contributed by atoms with Crippen LogP contribution in [0.15, 0.2) is 41.9 Å². The number of thiazole rings is 1. The molecule has 1 aliphatic heterocycles. The number of halogens is 3. The molecule has 0 aliphatic carbocycles. The Labute approximate surface area is 188 Å². The predicted molar refractivity (Wildman–Crippen MR) is 117 cm³/mol. The summed E-state index contributed by atoms with van der Waals surface area (Å²) in [4.78, 5) is 13.1. The number of hydrogen-bond donors (Lipinski definition) is 0. The van der Waals surface area contributed by atoms with Gasteiger partial charge < -0.3 is 14.4 Å². The summed E-state index contributed by atoms with van der Waals surface area (Å²) < 4.78 is 49.1. The average molecular weight is 465 g/mol. The van der Waals surface area contributed by atoms with Gasteiger partial charge in [0.25, 0.3) is 0 Å². The first-order valence-electron chi connectivity index (χ1n) is 10.1. The van der Waals surface area contributed by atoms with Crippen molar-refractivity contribution in [3.8, 4) is 22.1 Å². The number of benzene rings is 1. The van der Waals surface area contributed by atoms with Crippen molar-refractivity contribution in [2.45, 2.75) is 12.7 Å². The second kappa shape index (κ2) is 9.33. The van der Waals surface area contributed by atoms with Crippen LogP contribution >= 0.6 is 11.3 Å². The van der Waals surface area contributed by atoms with Gasteiger partial charge in [0.15, 0.2) is 11.5 Å². The number of para-hydroxylation sites is 1. The number of piperazine rings is 1. The van der Waals surface area contributed by atoms with Crippen molar-refractivity contribution in [2.24, 2.45) is 0 Å². The van der Waals surface area contributed by atoms with Gasteiger partial charge in [-0.15, -0.1) is 11.3 Å². The van der Waals surface area contributed by atoms with Crippen LogP contribution in [0.2, 0.25) is 0 Å². The lowest BCUT2D eigenvalue weighted by molar-refractivity contribution is -0.137. The fourth-order valence-corrected chi connectivity index (χ4v) is 4.50. The van der Waals surface area contributed by atoms with Crippen LogP contribution in [0.5, 0.6) is 11.5 Å². The first-order valence-corrected chi connectivity index (χ1v) is 10.9. The highest BCUT2D eigenvalue weighted by molar-refractivity contribution is 7.13. The molecule has 1 saturated heterocycles. The van der Waals surface area contributed by atoms with Crippen LogP contribution in [0.3, 0.4) is 0 Å². The summed E-state index contributed by atoms with van der Waals surface area (Å²) in [5.74, 6) is 1.89. The lowest BCUT2D eigenvalue weighted by atomic mass is 10.2. The van der Waals surface area contributed by atoms with E-state index in [1.165, 1.54) is 6.07 Å². The molecule has 170 valence electrons. The fourth-order valence-electron chi connectivity index (χ4n) is 3.66. The second-order valence-electron chi connectivity index (χ2n) is 7.35. The highest BCUT2D eigenvalue weighted by atomic mass is 32.1. The van der Waals surface area contributed by atoms with Crippen LogP contribution in [-0.4, -0.2) is 55.3 Å². The number of aromatic nitrogens is 2. The van der Waals surface area contributed by atoms with Crippen molar-refractivity contribution in [3.05, 3.63) is 53.2 Å². The topological polar surface area (TPSA) is 50.7 Å². The minimum Gasteiger partial charge on any atom is -0.493 e. The van der Waals surface area contributed by atoms with Gasteiger partial charge in [0.1, 0.15) is 10.8 Å². The first kappa shape index (κ1) is 22.3. The SMILES string of the molecule is COc1cccc(-c2nc(CN3CCN(c4ccc(C(F)(F)F)cn4)CC3)cs2)c1OC. The van der Waals surface area contributed by atoms with Gasteiger partial charge in [0.05, 0.1) is 31.0 Å². The van der Waals surface area contributed by atoms with E-state index in [0.717, 1.165) is 41.6 Å². The number of hydrogen-bond acceptors (Lipinski definition) is 7. The van der Waals surface area contributed by atoms with Crippen molar-refractivity contribution < 1.29 is 22.6 Å². The van der Waals surface area contributed by atoms with E-state index in [4.69, 9.17) is 14.5 Å². The van der Waals surface area contributed by atoms with E-state index in [1.54, 1.807) is 25.6 Å². The smallest absolute Gasteiger partial charge is 0.417 e. The minimum atomic E-state index is -4.37. The molecule has 4 rings (SSSR count). The summed E-state index contributed by atoms with van der Waals surface area (Å²) in [6.07, 6.45) is -3.48. The zero-order chi connectivity index (χ0) is 22.7. The molecule has 32 heavy (non-hydrogen) atoms. The Morgan fingerprint density at radius 2 is 1.81 bits per heavy atom. The Morgan fingerprint density at radius 3 is 2.44 bits per heavy atom. The van der Waals surface area contributed by atoms with Gasteiger partial charge in [0, 0.05) is 44.3 Å². The number of ether oxygens (including phenoxy) is 2. The summed E-state index contributed by atoms with van der Waals surface area (Å²) in [7, 11) is 3.22. The molecule has 0 bridgehead atoms. The average Bonchev–Trinajstić information content (AvgIpc) is 3.26. The molecule has 0 spiro atoms.